The number of ether oxygens (including phenoxy) is 2. The smallest absolute Gasteiger partial charge is 0.261 e. The number of hydrogen-bond acceptors (Lipinski definition) is 5. The predicted molar refractivity (Wildman–Crippen MR) is 119 cm³/mol. The number of nitrogens with zero attached hydrogens (tertiary/aromatic N) is 2. The van der Waals surface area contributed by atoms with Gasteiger partial charge in [0, 0.05) is 17.0 Å². The lowest BCUT2D eigenvalue weighted by Gasteiger charge is -2.10. The summed E-state index contributed by atoms with van der Waals surface area (Å²) < 4.78 is 12.4. The van der Waals surface area contributed by atoms with Gasteiger partial charge in [-0.1, -0.05) is 17.7 Å². The van der Waals surface area contributed by atoms with Crippen LogP contribution in [-0.4, -0.2) is 29.9 Å². The van der Waals surface area contributed by atoms with Gasteiger partial charge in [-0.25, -0.2) is 4.68 Å². The van der Waals surface area contributed by atoms with Crippen molar-refractivity contribution in [2.45, 2.75) is 13.5 Å². The summed E-state index contributed by atoms with van der Waals surface area (Å²) in [6, 6.07) is 14.9. The second-order valence-corrected chi connectivity index (χ2v) is 8.14. The molecule has 2 aromatic carbocycles. The molecule has 0 radical (unpaired) electrons. The van der Waals surface area contributed by atoms with Crippen LogP contribution >= 0.6 is 22.9 Å². The maximum absolute atomic E-state index is 12.8. The molecule has 0 unspecified atom stereocenters. The van der Waals surface area contributed by atoms with Gasteiger partial charge in [0.25, 0.3) is 5.91 Å². The first-order chi connectivity index (χ1) is 14.5. The Labute approximate surface area is 183 Å². The number of nitrogens with one attached hydrogen (secondary N) is 1. The molecule has 8 heteroatoms. The Morgan fingerprint density at radius 1 is 1.10 bits per heavy atom. The van der Waals surface area contributed by atoms with Crippen molar-refractivity contribution in [2.24, 2.45) is 0 Å². The molecule has 0 aliphatic rings. The molecule has 0 aliphatic carbocycles. The van der Waals surface area contributed by atoms with Crippen LogP contribution in [0.4, 0.5) is 0 Å². The maximum Gasteiger partial charge on any atom is 0.261 e. The Balaban J connectivity index is 1.55. The maximum atomic E-state index is 12.8. The molecule has 0 bridgehead atoms. The fourth-order valence-corrected chi connectivity index (χ4v) is 4.40. The average molecular weight is 442 g/mol. The van der Waals surface area contributed by atoms with Gasteiger partial charge in [0.2, 0.25) is 0 Å². The summed E-state index contributed by atoms with van der Waals surface area (Å²) in [5, 5.41) is 9.21. The first-order valence-electron chi connectivity index (χ1n) is 9.24. The Morgan fingerprint density at radius 3 is 2.53 bits per heavy atom. The minimum absolute atomic E-state index is 0.131. The van der Waals surface area contributed by atoms with Crippen molar-refractivity contribution in [3.8, 4) is 17.2 Å². The van der Waals surface area contributed by atoms with Crippen LogP contribution < -0.4 is 14.8 Å². The zero-order chi connectivity index (χ0) is 21.3. The standard InChI is InChI=1S/C22H20ClN3O3S/c1-13-17-11-20(30-22(17)26(25-13)16-7-5-15(23)6-8-16)21(27)24-12-14-4-9-18(28-2)19(10-14)29-3/h4-11H,12H2,1-3H3,(H,24,27). The van der Waals surface area contributed by atoms with Crippen molar-refractivity contribution >= 4 is 39.1 Å². The lowest BCUT2D eigenvalue weighted by Crippen LogP contribution is -2.21. The zero-order valence-corrected chi connectivity index (χ0v) is 18.3. The van der Waals surface area contributed by atoms with Crippen molar-refractivity contribution in [3.63, 3.8) is 0 Å². The molecule has 4 rings (SSSR count). The van der Waals surface area contributed by atoms with Gasteiger partial charge in [-0.05, 0) is 55.0 Å². The van der Waals surface area contributed by atoms with Crippen molar-refractivity contribution in [3.05, 3.63) is 69.7 Å². The van der Waals surface area contributed by atoms with Crippen LogP contribution in [0.2, 0.25) is 5.02 Å². The van der Waals surface area contributed by atoms with Gasteiger partial charge >= 0.3 is 0 Å². The minimum Gasteiger partial charge on any atom is -0.493 e. The molecule has 6 nitrogen and oxygen atoms in total. The van der Waals surface area contributed by atoms with Crippen molar-refractivity contribution in [1.29, 1.82) is 0 Å². The molecule has 0 saturated heterocycles. The summed E-state index contributed by atoms with van der Waals surface area (Å²) >= 11 is 7.41. The van der Waals surface area contributed by atoms with Crippen LogP contribution in [0.25, 0.3) is 15.9 Å². The summed E-state index contributed by atoms with van der Waals surface area (Å²) in [7, 11) is 3.18. The third kappa shape index (κ3) is 3.86. The highest BCUT2D eigenvalue weighted by atomic mass is 35.5. The number of amides is 1. The number of aryl methyl sites for hydroxylation is 1. The van der Waals surface area contributed by atoms with Crippen LogP contribution in [0.15, 0.2) is 48.5 Å². The van der Waals surface area contributed by atoms with E-state index in [-0.39, 0.29) is 5.91 Å². The number of fused-ring (bicyclic) bond motifs is 1. The van der Waals surface area contributed by atoms with E-state index in [1.165, 1.54) is 11.3 Å². The number of hydrogen-bond donors (Lipinski definition) is 1. The van der Waals surface area contributed by atoms with E-state index >= 15 is 0 Å². The van der Waals surface area contributed by atoms with E-state index in [1.54, 1.807) is 14.2 Å². The summed E-state index contributed by atoms with van der Waals surface area (Å²) in [5.74, 6) is 1.15. The Morgan fingerprint density at radius 2 is 1.83 bits per heavy atom. The Kier molecular flexibility index (Phi) is 5.65. The molecule has 0 atom stereocenters. The van der Waals surface area contributed by atoms with Crippen LogP contribution in [0.1, 0.15) is 20.9 Å². The quantitative estimate of drug-likeness (QED) is 0.457. The van der Waals surface area contributed by atoms with E-state index in [2.05, 4.69) is 10.4 Å². The molecule has 154 valence electrons. The summed E-state index contributed by atoms with van der Waals surface area (Å²) in [5.41, 5.74) is 2.69. The van der Waals surface area contributed by atoms with Gasteiger partial charge in [0.15, 0.2) is 11.5 Å². The molecule has 2 aromatic heterocycles. The highest BCUT2D eigenvalue weighted by Crippen LogP contribution is 2.31. The number of rotatable bonds is 6. The lowest BCUT2D eigenvalue weighted by molar-refractivity contribution is 0.0955. The van der Waals surface area contributed by atoms with E-state index in [4.69, 9.17) is 21.1 Å². The van der Waals surface area contributed by atoms with Crippen LogP contribution in [-0.2, 0) is 6.54 Å². The van der Waals surface area contributed by atoms with Crippen LogP contribution in [0.3, 0.4) is 0 Å². The molecule has 0 aliphatic heterocycles. The topological polar surface area (TPSA) is 65.4 Å². The summed E-state index contributed by atoms with van der Waals surface area (Å²) in [6.07, 6.45) is 0. The normalized spacial score (nSPS) is 10.9. The largest absolute Gasteiger partial charge is 0.493 e. The number of carbonyl (C=O) groups is 1. The lowest BCUT2D eigenvalue weighted by atomic mass is 10.2. The molecular formula is C22H20ClN3O3S. The van der Waals surface area contributed by atoms with E-state index in [0.29, 0.717) is 27.9 Å². The number of methoxy groups -OCH3 is 2. The van der Waals surface area contributed by atoms with E-state index in [0.717, 1.165) is 27.2 Å². The van der Waals surface area contributed by atoms with Gasteiger partial charge < -0.3 is 14.8 Å². The van der Waals surface area contributed by atoms with Crippen molar-refractivity contribution in [2.75, 3.05) is 14.2 Å². The van der Waals surface area contributed by atoms with Gasteiger partial charge in [-0.3, -0.25) is 4.79 Å². The third-order valence-corrected chi connectivity index (χ3v) is 6.10. The molecule has 0 saturated carbocycles. The molecule has 1 amide bonds. The SMILES string of the molecule is COc1ccc(CNC(=O)c2cc3c(C)nn(-c4ccc(Cl)cc4)c3s2)cc1OC. The number of thiophene rings is 1. The van der Waals surface area contributed by atoms with Crippen LogP contribution in [0, 0.1) is 6.92 Å². The minimum atomic E-state index is -0.131. The van der Waals surface area contributed by atoms with Gasteiger partial charge in [0.05, 0.1) is 30.5 Å². The molecule has 4 aromatic rings. The predicted octanol–water partition coefficient (Wildman–Crippen LogP) is 5.00. The molecule has 30 heavy (non-hydrogen) atoms. The highest BCUT2D eigenvalue weighted by Gasteiger charge is 2.17. The first kappa shape index (κ1) is 20.3. The second kappa shape index (κ2) is 8.38. The van der Waals surface area contributed by atoms with Gasteiger partial charge in [-0.2, -0.15) is 5.10 Å². The van der Waals surface area contributed by atoms with Crippen LogP contribution in [0.5, 0.6) is 11.5 Å². The number of aromatic nitrogens is 2. The highest BCUT2D eigenvalue weighted by molar-refractivity contribution is 7.20. The van der Waals surface area contributed by atoms with E-state index in [1.807, 2.05) is 60.1 Å². The summed E-state index contributed by atoms with van der Waals surface area (Å²) in [4.78, 5) is 14.3. The first-order valence-corrected chi connectivity index (χ1v) is 10.4. The zero-order valence-electron chi connectivity index (χ0n) is 16.7. The average Bonchev–Trinajstić information content (AvgIpc) is 3.33. The molecule has 0 fully saturated rings. The van der Waals surface area contributed by atoms with Crippen molar-refractivity contribution in [1.82, 2.24) is 15.1 Å². The monoisotopic (exact) mass is 441 g/mol. The number of carbonyl (C=O) groups excluding carboxylic acids is 1. The second-order valence-electron chi connectivity index (χ2n) is 6.68. The fraction of sp³-hybridized carbons (Fsp3) is 0.182. The van der Waals surface area contributed by atoms with E-state index in [9.17, 15) is 4.79 Å². The Hall–Kier alpha value is -3.03. The molecule has 0 spiro atoms. The number of halogens is 1. The third-order valence-electron chi connectivity index (χ3n) is 4.74. The molecule has 1 N–H and O–H groups in total. The van der Waals surface area contributed by atoms with Gasteiger partial charge in [0.1, 0.15) is 4.83 Å². The van der Waals surface area contributed by atoms with Crippen molar-refractivity contribution < 1.29 is 14.3 Å². The fourth-order valence-electron chi connectivity index (χ4n) is 3.18. The molecular weight excluding hydrogens is 422 g/mol. The Bertz CT molecular complexity index is 1210. The van der Waals surface area contributed by atoms with E-state index < -0.39 is 0 Å². The summed E-state index contributed by atoms with van der Waals surface area (Å²) in [6.45, 7) is 2.32. The van der Waals surface area contributed by atoms with Gasteiger partial charge in [-0.15, -0.1) is 11.3 Å². The number of benzene rings is 2. The molecule has 2 heterocycles.